The number of hydrogen-bond donors (Lipinski definition) is 2. The molecule has 1 aliphatic rings. The Balaban J connectivity index is 1.71. The quantitative estimate of drug-likeness (QED) is 0.264. The number of rotatable bonds is 9. The van der Waals surface area contributed by atoms with Crippen molar-refractivity contribution in [3.05, 3.63) is 32.0 Å². The first-order chi connectivity index (χ1) is 16.7. The first-order valence-corrected chi connectivity index (χ1v) is 16.4. The second kappa shape index (κ2) is 10.2. The van der Waals surface area contributed by atoms with Crippen LogP contribution in [-0.2, 0) is 38.5 Å². The summed E-state index contributed by atoms with van der Waals surface area (Å²) in [6.07, 6.45) is 1.93. The van der Waals surface area contributed by atoms with Gasteiger partial charge in [-0.05, 0) is 27.3 Å². The summed E-state index contributed by atoms with van der Waals surface area (Å²) >= 11 is 12.3. The lowest BCUT2D eigenvalue weighted by Gasteiger charge is -2.17. The molecule has 11 nitrogen and oxygen atoms in total. The first kappa shape index (κ1) is 27.3. The molecule has 196 valence electrons. The van der Waals surface area contributed by atoms with Gasteiger partial charge in [0, 0.05) is 39.1 Å². The minimum absolute atomic E-state index is 0.00249. The molecule has 0 saturated carbocycles. The van der Waals surface area contributed by atoms with E-state index in [9.17, 15) is 21.6 Å². The average molecular weight is 661 g/mol. The standard InChI is InChI=1S/C19H20BrClN4O7S4/c1-11(26)22-35(27,28)7-5-25-16(32-13-9-15(21)33-19(13)25)10-17-24(4-3-6-36(29,30)31)12-8-14(20)23(2)18(12)34-17/h8-10H,3-7H2,1-2H3,(H-,22,26,29,30,31)/p+1. The highest BCUT2D eigenvalue weighted by atomic mass is 79.9. The molecular weight excluding hydrogens is 640 g/mol. The van der Waals surface area contributed by atoms with Gasteiger partial charge in [0.1, 0.15) is 5.00 Å². The van der Waals surface area contributed by atoms with E-state index < -0.39 is 26.0 Å². The van der Waals surface area contributed by atoms with Crippen molar-refractivity contribution in [2.45, 2.75) is 19.9 Å². The van der Waals surface area contributed by atoms with Crippen molar-refractivity contribution in [3.63, 3.8) is 0 Å². The van der Waals surface area contributed by atoms with Gasteiger partial charge in [0.05, 0.1) is 26.5 Å². The number of ether oxygens (including phenoxy) is 1. The number of nitrogens with one attached hydrogen (secondary N) is 1. The summed E-state index contributed by atoms with van der Waals surface area (Å²) in [5.74, 6) is -0.586. The van der Waals surface area contributed by atoms with E-state index in [2.05, 4.69) is 15.9 Å². The van der Waals surface area contributed by atoms with Crippen molar-refractivity contribution in [2.24, 2.45) is 7.05 Å². The van der Waals surface area contributed by atoms with Crippen LogP contribution >= 0.6 is 50.2 Å². The van der Waals surface area contributed by atoms with Gasteiger partial charge >= 0.3 is 0 Å². The van der Waals surface area contributed by atoms with E-state index in [1.165, 1.54) is 22.7 Å². The lowest BCUT2D eigenvalue weighted by atomic mass is 10.4. The molecule has 0 unspecified atom stereocenters. The Morgan fingerprint density at radius 3 is 2.67 bits per heavy atom. The van der Waals surface area contributed by atoms with Crippen molar-refractivity contribution in [2.75, 3.05) is 23.0 Å². The highest BCUT2D eigenvalue weighted by molar-refractivity contribution is 9.10. The van der Waals surface area contributed by atoms with E-state index in [1.807, 2.05) is 27.0 Å². The molecule has 4 rings (SSSR count). The molecule has 3 aromatic heterocycles. The molecule has 3 aromatic rings. The second-order valence-corrected chi connectivity index (χ2v) is 14.8. The van der Waals surface area contributed by atoms with Crippen LogP contribution in [-0.4, -0.2) is 49.9 Å². The molecule has 1 aliphatic heterocycles. The largest absolute Gasteiger partial charge is 0.437 e. The topological polar surface area (TPSA) is 139 Å². The van der Waals surface area contributed by atoms with Gasteiger partial charge in [-0.25, -0.2) is 8.42 Å². The summed E-state index contributed by atoms with van der Waals surface area (Å²) in [5, 5.41) is 1.36. The van der Waals surface area contributed by atoms with Gasteiger partial charge in [0.15, 0.2) is 17.1 Å². The molecule has 0 atom stereocenters. The Kier molecular flexibility index (Phi) is 7.77. The molecule has 2 N–H and O–H groups in total. The van der Waals surface area contributed by atoms with Gasteiger partial charge in [0.25, 0.3) is 15.1 Å². The van der Waals surface area contributed by atoms with E-state index in [0.717, 1.165) is 26.9 Å². The van der Waals surface area contributed by atoms with Crippen LogP contribution in [0.1, 0.15) is 18.4 Å². The number of carbonyl (C=O) groups excluding carboxylic acids is 1. The SMILES string of the molecule is CC(=O)NS(=O)(=O)CCN1C(=Cc2sc3c(cc(Br)n3C)[n+]2CCCS(=O)(=O)O)Oc2cc(Cl)sc21. The van der Waals surface area contributed by atoms with Crippen molar-refractivity contribution < 1.29 is 35.5 Å². The van der Waals surface area contributed by atoms with Crippen LogP contribution in [0.2, 0.25) is 4.34 Å². The van der Waals surface area contributed by atoms with Gasteiger partial charge in [-0.2, -0.15) is 13.0 Å². The number of hydrogen-bond acceptors (Lipinski definition) is 9. The van der Waals surface area contributed by atoms with Crippen molar-refractivity contribution in [1.82, 2.24) is 9.29 Å². The molecule has 0 aromatic carbocycles. The average Bonchev–Trinajstić information content (AvgIpc) is 3.41. The summed E-state index contributed by atoms with van der Waals surface area (Å²) in [7, 11) is -6.09. The third kappa shape index (κ3) is 6.06. The molecule has 17 heteroatoms. The third-order valence-corrected chi connectivity index (χ3v) is 10.5. The first-order valence-electron chi connectivity index (χ1n) is 10.3. The molecule has 4 heterocycles. The molecule has 0 fully saturated rings. The minimum atomic E-state index is -4.11. The summed E-state index contributed by atoms with van der Waals surface area (Å²) in [6, 6.07) is 3.55. The summed E-state index contributed by atoms with van der Waals surface area (Å²) in [5.41, 5.74) is 0.854. The van der Waals surface area contributed by atoms with Crippen molar-refractivity contribution >= 4 is 97.7 Å². The van der Waals surface area contributed by atoms with E-state index in [1.54, 1.807) is 17.0 Å². The van der Waals surface area contributed by atoms with Gasteiger partial charge < -0.3 is 9.30 Å². The zero-order valence-corrected chi connectivity index (χ0v) is 24.5. The van der Waals surface area contributed by atoms with Gasteiger partial charge in [0.2, 0.25) is 27.3 Å². The predicted octanol–water partition coefficient (Wildman–Crippen LogP) is 2.95. The number of amides is 1. The van der Waals surface area contributed by atoms with Crippen LogP contribution in [0.15, 0.2) is 22.6 Å². The monoisotopic (exact) mass is 659 g/mol. The maximum Gasteiger partial charge on any atom is 0.269 e. The number of carbonyl (C=O) groups is 1. The van der Waals surface area contributed by atoms with Crippen LogP contribution in [0.3, 0.4) is 0 Å². The second-order valence-electron chi connectivity index (χ2n) is 7.88. The number of aromatic nitrogens is 2. The summed E-state index contributed by atoms with van der Waals surface area (Å²) in [4.78, 5) is 13.8. The zero-order chi connectivity index (χ0) is 26.4. The molecule has 0 bridgehead atoms. The Morgan fingerprint density at radius 2 is 2.00 bits per heavy atom. The molecule has 0 radical (unpaired) electrons. The summed E-state index contributed by atoms with van der Waals surface area (Å²) in [6.45, 7) is 1.43. The number of thiazole rings is 1. The van der Waals surface area contributed by atoms with Crippen LogP contribution < -0.4 is 18.9 Å². The number of thiophene rings is 1. The summed E-state index contributed by atoms with van der Waals surface area (Å²) < 4.78 is 69.3. The smallest absolute Gasteiger partial charge is 0.269 e. The van der Waals surface area contributed by atoms with Gasteiger partial charge in [-0.15, -0.1) is 11.3 Å². The lowest BCUT2D eigenvalue weighted by molar-refractivity contribution is -0.668. The Morgan fingerprint density at radius 1 is 1.28 bits per heavy atom. The normalized spacial score (nSPS) is 15.0. The van der Waals surface area contributed by atoms with Crippen LogP contribution in [0.25, 0.3) is 16.4 Å². The number of aryl methyl sites for hydroxylation is 2. The highest BCUT2D eigenvalue weighted by Gasteiger charge is 2.33. The highest BCUT2D eigenvalue weighted by Crippen LogP contribution is 2.48. The lowest BCUT2D eigenvalue weighted by Crippen LogP contribution is -2.37. The predicted molar refractivity (Wildman–Crippen MR) is 143 cm³/mol. The molecule has 1 amide bonds. The molecule has 0 saturated heterocycles. The van der Waals surface area contributed by atoms with E-state index in [0.29, 0.717) is 27.5 Å². The number of fused-ring (bicyclic) bond motifs is 2. The van der Waals surface area contributed by atoms with Crippen molar-refractivity contribution in [1.29, 1.82) is 0 Å². The molecule has 36 heavy (non-hydrogen) atoms. The molecule has 0 aliphatic carbocycles. The van der Waals surface area contributed by atoms with E-state index in [-0.39, 0.29) is 24.5 Å². The van der Waals surface area contributed by atoms with E-state index >= 15 is 0 Å². The van der Waals surface area contributed by atoms with Crippen LogP contribution in [0.4, 0.5) is 5.00 Å². The van der Waals surface area contributed by atoms with Crippen LogP contribution in [0.5, 0.6) is 5.75 Å². The fraction of sp³-hybridized carbons (Fsp3) is 0.368. The number of anilines is 1. The fourth-order valence-electron chi connectivity index (χ4n) is 3.64. The Bertz CT molecular complexity index is 1590. The Labute approximate surface area is 228 Å². The van der Waals surface area contributed by atoms with Crippen LogP contribution in [0, 0.1) is 0 Å². The number of sulfonamides is 1. The minimum Gasteiger partial charge on any atom is -0.437 e. The maximum atomic E-state index is 12.3. The number of halogens is 2. The fourth-order valence-corrected chi connectivity index (χ4v) is 7.94. The zero-order valence-electron chi connectivity index (χ0n) is 18.9. The van der Waals surface area contributed by atoms with Gasteiger partial charge in [-0.1, -0.05) is 11.6 Å². The maximum absolute atomic E-state index is 12.3. The molecular formula is C19H21BrClN4O7S4+. The Hall–Kier alpha value is -1.69. The van der Waals surface area contributed by atoms with Gasteiger partial charge in [-0.3, -0.25) is 19.0 Å². The molecule has 0 spiro atoms. The van der Waals surface area contributed by atoms with E-state index in [4.69, 9.17) is 20.9 Å². The number of nitrogens with zero attached hydrogens (tertiary/aromatic N) is 3. The third-order valence-electron chi connectivity index (χ3n) is 5.15. The van der Waals surface area contributed by atoms with Crippen molar-refractivity contribution in [3.8, 4) is 5.75 Å².